The van der Waals surface area contributed by atoms with Crippen LogP contribution in [0.3, 0.4) is 0 Å². The van der Waals surface area contributed by atoms with Crippen LogP contribution >= 0.6 is 22.6 Å². The summed E-state index contributed by atoms with van der Waals surface area (Å²) in [6.45, 7) is 0. The lowest BCUT2D eigenvalue weighted by Crippen LogP contribution is -2.03. The minimum absolute atomic E-state index is 0.0743. The average Bonchev–Trinajstić information content (AvgIpc) is 2.46. The van der Waals surface area contributed by atoms with Gasteiger partial charge in [-0.05, 0) is 27.5 Å². The van der Waals surface area contributed by atoms with Gasteiger partial charge in [-0.3, -0.25) is 0 Å². The van der Waals surface area contributed by atoms with Gasteiger partial charge in [0.15, 0.2) is 0 Å². The molecule has 8 heteroatoms. The Morgan fingerprint density at radius 2 is 2.38 bits per heavy atom. The maximum absolute atomic E-state index is 10.9. The smallest absolute Gasteiger partial charge is 0.362 e. The molecule has 13 heavy (non-hydrogen) atoms. The highest BCUT2D eigenvalue weighted by molar-refractivity contribution is 14.1. The first kappa shape index (κ1) is 9.89. The van der Waals surface area contributed by atoms with E-state index in [1.165, 1.54) is 7.11 Å². The van der Waals surface area contributed by atoms with Crippen molar-refractivity contribution in [2.45, 2.75) is 0 Å². The molecule has 7 nitrogen and oxygen atoms in total. The van der Waals surface area contributed by atoms with Crippen molar-refractivity contribution >= 4 is 34.4 Å². The van der Waals surface area contributed by atoms with E-state index < -0.39 is 10.9 Å². The van der Waals surface area contributed by atoms with Crippen LogP contribution in [0, 0.1) is 13.7 Å². The Balaban J connectivity index is 3.13. The Labute approximate surface area is 85.7 Å². The van der Waals surface area contributed by atoms with Crippen LogP contribution in [0.4, 0.5) is 5.82 Å². The van der Waals surface area contributed by atoms with Crippen molar-refractivity contribution in [1.29, 1.82) is 0 Å². The quantitative estimate of drug-likeness (QED) is 0.375. The predicted octanol–water partition coefficient (Wildman–Crippen LogP) is 0.709. The lowest BCUT2D eigenvalue weighted by Gasteiger charge is -1.92. The van der Waals surface area contributed by atoms with Gasteiger partial charge in [0.1, 0.15) is 3.57 Å². The zero-order valence-corrected chi connectivity index (χ0v) is 8.56. The first-order valence-electron chi connectivity index (χ1n) is 3.04. The minimum Gasteiger partial charge on any atom is -0.464 e. The molecule has 0 radical (unpaired) electrons. The van der Waals surface area contributed by atoms with Crippen LogP contribution in [-0.2, 0) is 4.74 Å². The van der Waals surface area contributed by atoms with E-state index in [4.69, 9.17) is 0 Å². The Hall–Kier alpha value is -1.19. The van der Waals surface area contributed by atoms with E-state index in [1.807, 2.05) is 0 Å². The van der Waals surface area contributed by atoms with Crippen LogP contribution in [0.25, 0.3) is 0 Å². The number of nitrogens with one attached hydrogen (secondary N) is 1. The molecule has 1 heterocycles. The van der Waals surface area contributed by atoms with Gasteiger partial charge in [-0.1, -0.05) is 5.10 Å². The molecule has 0 aliphatic heterocycles. The summed E-state index contributed by atoms with van der Waals surface area (Å²) in [4.78, 5) is 20.6. The van der Waals surface area contributed by atoms with Crippen molar-refractivity contribution in [1.82, 2.24) is 10.2 Å². The maximum Gasteiger partial charge on any atom is 0.362 e. The van der Waals surface area contributed by atoms with Gasteiger partial charge in [-0.15, -0.1) is 5.10 Å². The third-order valence-electron chi connectivity index (χ3n) is 1.25. The third kappa shape index (κ3) is 1.76. The molecule has 1 aromatic rings. The van der Waals surface area contributed by atoms with Crippen molar-refractivity contribution in [2.24, 2.45) is 0 Å². The number of carbonyl (C=O) groups excluding carboxylic acids is 1. The number of esters is 1. The molecule has 70 valence electrons. The summed E-state index contributed by atoms with van der Waals surface area (Å²) in [5.41, 5.74) is -0.0743. The lowest BCUT2D eigenvalue weighted by molar-refractivity contribution is -0.390. The van der Waals surface area contributed by atoms with Gasteiger partial charge in [0, 0.05) is 0 Å². The fourth-order valence-electron chi connectivity index (χ4n) is 0.672. The van der Waals surface area contributed by atoms with Gasteiger partial charge in [0.2, 0.25) is 5.69 Å². The molecule has 0 spiro atoms. The number of halogens is 1. The first-order chi connectivity index (χ1) is 6.07. The number of nitrogens with zero attached hydrogens (tertiary/aromatic N) is 2. The Bertz CT molecular complexity index is 361. The SMILES string of the molecule is COC(=O)c1n[nH]c([N+](=O)[O-])c1I. The Morgan fingerprint density at radius 1 is 1.77 bits per heavy atom. The average molecular weight is 297 g/mol. The largest absolute Gasteiger partial charge is 0.464 e. The van der Waals surface area contributed by atoms with E-state index in [0.717, 1.165) is 0 Å². The second kappa shape index (κ2) is 3.68. The summed E-state index contributed by atoms with van der Waals surface area (Å²) in [7, 11) is 1.18. The van der Waals surface area contributed by atoms with E-state index >= 15 is 0 Å². The molecule has 1 aromatic heterocycles. The second-order valence-corrected chi connectivity index (χ2v) is 3.06. The Morgan fingerprint density at radius 3 is 2.77 bits per heavy atom. The summed E-state index contributed by atoms with van der Waals surface area (Å²) in [6.07, 6.45) is 0. The van der Waals surface area contributed by atoms with E-state index in [9.17, 15) is 14.9 Å². The van der Waals surface area contributed by atoms with E-state index in [1.54, 1.807) is 22.6 Å². The zero-order chi connectivity index (χ0) is 10.0. The van der Waals surface area contributed by atoms with Gasteiger partial charge in [-0.2, -0.15) is 0 Å². The number of hydrogen-bond acceptors (Lipinski definition) is 5. The van der Waals surface area contributed by atoms with Crippen LogP contribution in [-0.4, -0.2) is 28.2 Å². The van der Waals surface area contributed by atoms with Crippen LogP contribution in [0.2, 0.25) is 0 Å². The monoisotopic (exact) mass is 297 g/mol. The van der Waals surface area contributed by atoms with Crippen molar-refractivity contribution in [2.75, 3.05) is 7.11 Å². The third-order valence-corrected chi connectivity index (χ3v) is 2.27. The summed E-state index contributed by atoms with van der Waals surface area (Å²) in [5, 5.41) is 15.9. The fraction of sp³-hybridized carbons (Fsp3) is 0.200. The highest BCUT2D eigenvalue weighted by Gasteiger charge is 2.24. The summed E-state index contributed by atoms with van der Waals surface area (Å²) in [5.74, 6) is -1.00. The molecule has 0 atom stereocenters. The number of rotatable bonds is 2. The highest BCUT2D eigenvalue weighted by atomic mass is 127. The van der Waals surface area contributed by atoms with Gasteiger partial charge in [0.25, 0.3) is 0 Å². The molecular formula is C5H4IN3O4. The van der Waals surface area contributed by atoms with Crippen molar-refractivity contribution in [3.63, 3.8) is 0 Å². The molecular weight excluding hydrogens is 293 g/mol. The molecule has 0 amide bonds. The normalized spacial score (nSPS) is 9.69. The summed E-state index contributed by atoms with van der Waals surface area (Å²) >= 11 is 1.65. The van der Waals surface area contributed by atoms with E-state index in [-0.39, 0.29) is 15.1 Å². The van der Waals surface area contributed by atoms with Crippen LogP contribution in [0.15, 0.2) is 0 Å². The van der Waals surface area contributed by atoms with Crippen molar-refractivity contribution < 1.29 is 14.5 Å². The molecule has 1 N–H and O–H groups in total. The van der Waals surface area contributed by atoms with E-state index in [2.05, 4.69) is 14.9 Å². The molecule has 0 bridgehead atoms. The van der Waals surface area contributed by atoms with Crippen LogP contribution < -0.4 is 0 Å². The lowest BCUT2D eigenvalue weighted by atomic mass is 10.4. The van der Waals surface area contributed by atoms with Crippen molar-refractivity contribution in [3.05, 3.63) is 19.4 Å². The standard InChI is InChI=1S/C5H4IN3O4/c1-13-5(10)3-2(6)4(8-7-3)9(11)12/h1H3,(H,7,8). The van der Waals surface area contributed by atoms with Gasteiger partial charge >= 0.3 is 11.8 Å². The first-order valence-corrected chi connectivity index (χ1v) is 4.12. The van der Waals surface area contributed by atoms with Crippen molar-refractivity contribution in [3.8, 4) is 0 Å². The van der Waals surface area contributed by atoms with Crippen LogP contribution in [0.1, 0.15) is 10.5 Å². The summed E-state index contributed by atoms with van der Waals surface area (Å²) in [6, 6.07) is 0. The zero-order valence-electron chi connectivity index (χ0n) is 6.41. The number of H-pyrrole nitrogens is 1. The highest BCUT2D eigenvalue weighted by Crippen LogP contribution is 2.21. The maximum atomic E-state index is 10.9. The molecule has 0 aliphatic rings. The van der Waals surface area contributed by atoms with Crippen LogP contribution in [0.5, 0.6) is 0 Å². The van der Waals surface area contributed by atoms with Gasteiger partial charge in [-0.25, -0.2) is 4.79 Å². The molecule has 1 rings (SSSR count). The minimum atomic E-state index is -0.700. The molecule has 0 aromatic carbocycles. The number of nitro groups is 1. The molecule has 0 saturated carbocycles. The molecule has 0 aliphatic carbocycles. The number of ether oxygens (including phenoxy) is 1. The molecule has 0 unspecified atom stereocenters. The number of hydrogen-bond donors (Lipinski definition) is 1. The fourth-order valence-corrected chi connectivity index (χ4v) is 1.33. The molecule has 0 saturated heterocycles. The topological polar surface area (TPSA) is 98.1 Å². The van der Waals surface area contributed by atoms with E-state index in [0.29, 0.717) is 0 Å². The number of aromatic amines is 1. The predicted molar refractivity (Wildman–Crippen MR) is 49.3 cm³/mol. The molecule has 0 fully saturated rings. The number of carbonyl (C=O) groups is 1. The second-order valence-electron chi connectivity index (χ2n) is 1.98. The van der Waals surface area contributed by atoms with Gasteiger partial charge < -0.3 is 14.9 Å². The van der Waals surface area contributed by atoms with Gasteiger partial charge in [0.05, 0.1) is 7.11 Å². The summed E-state index contributed by atoms with van der Waals surface area (Å²) < 4.78 is 4.51. The Kier molecular flexibility index (Phi) is 2.80. The number of aromatic nitrogens is 2. The number of methoxy groups -OCH3 is 1.